The molecule has 5 N–H and O–H groups in total. The molecule has 2 unspecified atom stereocenters. The molecule has 0 radical (unpaired) electrons. The van der Waals surface area contributed by atoms with Crippen molar-refractivity contribution in [2.75, 3.05) is 0 Å². The van der Waals surface area contributed by atoms with Crippen molar-refractivity contribution in [3.63, 3.8) is 0 Å². The third-order valence-electron chi connectivity index (χ3n) is 3.35. The highest BCUT2D eigenvalue weighted by Crippen LogP contribution is 2.46. The molecule has 5 nitrogen and oxygen atoms in total. The Hall–Kier alpha value is -0.585. The van der Waals surface area contributed by atoms with Crippen LogP contribution >= 0.6 is 0 Å². The highest BCUT2D eigenvalue weighted by molar-refractivity contribution is 6.40. The van der Waals surface area contributed by atoms with Gasteiger partial charge in [-0.15, -0.1) is 0 Å². The summed E-state index contributed by atoms with van der Waals surface area (Å²) in [6.07, 6.45) is 2.45. The molecule has 86 valence electrons. The first-order valence-corrected chi connectivity index (χ1v) is 5.16. The van der Waals surface area contributed by atoms with Gasteiger partial charge in [-0.25, -0.2) is 0 Å². The van der Waals surface area contributed by atoms with E-state index in [0.717, 1.165) is 6.42 Å². The molecule has 0 aromatic heterocycles. The van der Waals surface area contributed by atoms with Crippen LogP contribution < -0.4 is 5.73 Å². The predicted molar refractivity (Wildman–Crippen MR) is 56.1 cm³/mol. The molecule has 1 fully saturated rings. The Balaban J connectivity index is 2.56. The molecule has 0 spiro atoms. The van der Waals surface area contributed by atoms with E-state index in [4.69, 9.17) is 20.9 Å². The molecule has 0 aromatic rings. The molecule has 2 atom stereocenters. The molecule has 1 aliphatic carbocycles. The molecule has 1 saturated carbocycles. The van der Waals surface area contributed by atoms with Gasteiger partial charge in [0.2, 0.25) is 0 Å². The van der Waals surface area contributed by atoms with E-state index >= 15 is 0 Å². The summed E-state index contributed by atoms with van der Waals surface area (Å²) in [4.78, 5) is 10.9. The number of carbonyl (C=O) groups is 1. The molecule has 0 saturated heterocycles. The monoisotopic (exact) mass is 215 g/mol. The zero-order valence-electron chi connectivity index (χ0n) is 8.94. The number of nitrogens with two attached hydrogens (primary N) is 1. The first-order valence-electron chi connectivity index (χ1n) is 5.16. The topological polar surface area (TPSA) is 104 Å². The molecule has 0 amide bonds. The SMILES string of the molecule is CC1(CCB(O)O)CCC(N)(C(=O)O)C1. The minimum absolute atomic E-state index is 0.184. The maximum atomic E-state index is 10.9. The van der Waals surface area contributed by atoms with Gasteiger partial charge >= 0.3 is 13.1 Å². The molecule has 1 aliphatic rings. The summed E-state index contributed by atoms with van der Waals surface area (Å²) in [6.45, 7) is 1.95. The van der Waals surface area contributed by atoms with Crippen LogP contribution in [0, 0.1) is 5.41 Å². The summed E-state index contributed by atoms with van der Waals surface area (Å²) in [5, 5.41) is 26.5. The van der Waals surface area contributed by atoms with Crippen LogP contribution in [0.2, 0.25) is 6.32 Å². The van der Waals surface area contributed by atoms with Gasteiger partial charge in [-0.05, 0) is 37.4 Å². The Morgan fingerprint density at radius 2 is 2.07 bits per heavy atom. The molecule has 1 rings (SSSR count). The fourth-order valence-corrected chi connectivity index (χ4v) is 2.34. The second-order valence-electron chi connectivity index (χ2n) is 4.97. The van der Waals surface area contributed by atoms with Crippen LogP contribution in [0.3, 0.4) is 0 Å². The van der Waals surface area contributed by atoms with Gasteiger partial charge in [0.1, 0.15) is 5.54 Å². The molecule has 6 heteroatoms. The lowest BCUT2D eigenvalue weighted by atomic mass is 9.73. The van der Waals surface area contributed by atoms with Gasteiger partial charge in [0.15, 0.2) is 0 Å². The number of rotatable bonds is 4. The van der Waals surface area contributed by atoms with E-state index in [1.165, 1.54) is 0 Å². The van der Waals surface area contributed by atoms with E-state index in [0.29, 0.717) is 19.3 Å². The molecular weight excluding hydrogens is 197 g/mol. The number of hydrogen-bond donors (Lipinski definition) is 4. The first-order chi connectivity index (χ1) is 6.77. The molecule has 0 aromatic carbocycles. The van der Waals surface area contributed by atoms with E-state index in [-0.39, 0.29) is 11.7 Å². The third-order valence-corrected chi connectivity index (χ3v) is 3.35. The van der Waals surface area contributed by atoms with Gasteiger partial charge in [0, 0.05) is 0 Å². The van der Waals surface area contributed by atoms with Gasteiger partial charge in [0.05, 0.1) is 0 Å². The lowest BCUT2D eigenvalue weighted by Crippen LogP contribution is -2.46. The summed E-state index contributed by atoms with van der Waals surface area (Å²) in [5.74, 6) is -0.962. The minimum atomic E-state index is -1.32. The van der Waals surface area contributed by atoms with E-state index in [2.05, 4.69) is 0 Å². The Bertz CT molecular complexity index is 260. The van der Waals surface area contributed by atoms with Crippen LogP contribution in [0.25, 0.3) is 0 Å². The number of hydrogen-bond acceptors (Lipinski definition) is 4. The lowest BCUT2D eigenvalue weighted by Gasteiger charge is -2.26. The second-order valence-corrected chi connectivity index (χ2v) is 4.97. The highest BCUT2D eigenvalue weighted by Gasteiger charge is 2.47. The fourth-order valence-electron chi connectivity index (χ4n) is 2.34. The Morgan fingerprint density at radius 3 is 2.47 bits per heavy atom. The summed E-state index contributed by atoms with van der Waals surface area (Å²) in [7, 11) is -1.32. The minimum Gasteiger partial charge on any atom is -0.480 e. The third kappa shape index (κ3) is 2.93. The first kappa shape index (κ1) is 12.5. The molecule has 0 aliphatic heterocycles. The fraction of sp³-hybridized carbons (Fsp3) is 0.889. The Morgan fingerprint density at radius 1 is 1.47 bits per heavy atom. The van der Waals surface area contributed by atoms with Crippen molar-refractivity contribution >= 4 is 13.1 Å². The van der Waals surface area contributed by atoms with Crippen LogP contribution in [-0.2, 0) is 4.79 Å². The van der Waals surface area contributed by atoms with Crippen LogP contribution in [0.15, 0.2) is 0 Å². The molecule has 0 heterocycles. The lowest BCUT2D eigenvalue weighted by molar-refractivity contribution is -0.143. The Labute approximate surface area is 89.4 Å². The maximum Gasteiger partial charge on any atom is 0.451 e. The summed E-state index contributed by atoms with van der Waals surface area (Å²) in [5.41, 5.74) is 4.45. The van der Waals surface area contributed by atoms with E-state index in [1.807, 2.05) is 6.92 Å². The predicted octanol–water partition coefficient (Wildman–Crippen LogP) is -0.178. The second kappa shape index (κ2) is 4.12. The van der Waals surface area contributed by atoms with E-state index < -0.39 is 18.6 Å². The van der Waals surface area contributed by atoms with Crippen LogP contribution in [0.5, 0.6) is 0 Å². The van der Waals surface area contributed by atoms with Crippen molar-refractivity contribution in [2.45, 2.75) is 44.5 Å². The van der Waals surface area contributed by atoms with Crippen LogP contribution in [0.1, 0.15) is 32.6 Å². The van der Waals surface area contributed by atoms with Gasteiger partial charge in [-0.2, -0.15) is 0 Å². The van der Waals surface area contributed by atoms with Crippen LogP contribution in [0.4, 0.5) is 0 Å². The summed E-state index contributed by atoms with van der Waals surface area (Å²) in [6, 6.07) is 0. The van der Waals surface area contributed by atoms with E-state index in [1.54, 1.807) is 0 Å². The Kier molecular flexibility index (Phi) is 3.43. The summed E-state index contributed by atoms with van der Waals surface area (Å²) >= 11 is 0. The van der Waals surface area contributed by atoms with Crippen molar-refractivity contribution in [3.8, 4) is 0 Å². The average Bonchev–Trinajstić information content (AvgIpc) is 2.42. The van der Waals surface area contributed by atoms with Crippen LogP contribution in [-0.4, -0.2) is 33.8 Å². The highest BCUT2D eigenvalue weighted by atomic mass is 16.4. The van der Waals surface area contributed by atoms with Gasteiger partial charge in [-0.3, -0.25) is 4.79 Å². The van der Waals surface area contributed by atoms with Crippen molar-refractivity contribution in [1.82, 2.24) is 0 Å². The zero-order chi connectivity index (χ0) is 11.7. The van der Waals surface area contributed by atoms with Gasteiger partial charge in [-0.1, -0.05) is 6.92 Å². The van der Waals surface area contributed by atoms with E-state index in [9.17, 15) is 4.79 Å². The van der Waals surface area contributed by atoms with Crippen molar-refractivity contribution < 1.29 is 19.9 Å². The number of carboxylic acid groups (broad SMARTS) is 1. The van der Waals surface area contributed by atoms with Gasteiger partial charge < -0.3 is 20.9 Å². The number of carboxylic acids is 1. The maximum absolute atomic E-state index is 10.9. The van der Waals surface area contributed by atoms with Crippen molar-refractivity contribution in [1.29, 1.82) is 0 Å². The smallest absolute Gasteiger partial charge is 0.451 e. The summed E-state index contributed by atoms with van der Waals surface area (Å²) < 4.78 is 0. The van der Waals surface area contributed by atoms with Crippen molar-refractivity contribution in [3.05, 3.63) is 0 Å². The van der Waals surface area contributed by atoms with Crippen molar-refractivity contribution in [2.24, 2.45) is 11.1 Å². The normalized spacial score (nSPS) is 35.5. The average molecular weight is 215 g/mol. The standard InChI is InChI=1S/C9H18BNO4/c1-8(4-5-10(14)15)2-3-9(11,6-8)7(12)13/h14-15H,2-6,11H2,1H3,(H,12,13). The number of aliphatic carboxylic acids is 1. The quantitative estimate of drug-likeness (QED) is 0.487. The molecule has 0 bridgehead atoms. The van der Waals surface area contributed by atoms with Gasteiger partial charge in [0.25, 0.3) is 0 Å². The largest absolute Gasteiger partial charge is 0.480 e. The molecule has 15 heavy (non-hydrogen) atoms. The zero-order valence-corrected chi connectivity index (χ0v) is 8.94. The molecular formula is C9H18BNO4.